The van der Waals surface area contributed by atoms with E-state index >= 15 is 0 Å². The van der Waals surface area contributed by atoms with Gasteiger partial charge in [0.25, 0.3) is 0 Å². The molecule has 7 aromatic carbocycles. The van der Waals surface area contributed by atoms with Crippen LogP contribution in [0.4, 0.5) is 0 Å². The van der Waals surface area contributed by atoms with Crippen LogP contribution in [0.25, 0.3) is 83.3 Å². The van der Waals surface area contributed by atoms with Crippen LogP contribution >= 0.6 is 0 Å². The van der Waals surface area contributed by atoms with Crippen LogP contribution in [0.5, 0.6) is 63.2 Å². The quantitative estimate of drug-likeness (QED) is 0.0597. The van der Waals surface area contributed by atoms with E-state index in [0.717, 1.165) is 33.2 Å². The third-order valence-corrected chi connectivity index (χ3v) is 10.5. The standard InChI is InChI=1S/C44H30O12/c45-32-27(26-23-15-6-4-13-21(23)25(22-14-5-7-16-24(22)26)20-12-8-11-19(17-20)18-9-2-1-3-10-18)28-30-36(49)39(52)41(54)42(55)44(30)56-43(28)31(35(32)48)29-33(46)37(50)40(53)38(51)34(29)47/h1-4,6-13,15-17,45-55H,5,14H2. The van der Waals surface area contributed by atoms with Crippen LogP contribution in [-0.4, -0.2) is 56.2 Å². The highest BCUT2D eigenvalue weighted by atomic mass is 16.4. The number of rotatable bonds is 4. The molecule has 0 fully saturated rings. The summed E-state index contributed by atoms with van der Waals surface area (Å²) in [7, 11) is 0. The molecule has 0 amide bonds. The Hall–Kier alpha value is -7.86. The Morgan fingerprint density at radius 3 is 1.62 bits per heavy atom. The van der Waals surface area contributed by atoms with Gasteiger partial charge < -0.3 is 60.6 Å². The second kappa shape index (κ2) is 12.1. The minimum Gasteiger partial charge on any atom is -0.504 e. The minimum absolute atomic E-state index is 0.186. The lowest BCUT2D eigenvalue weighted by atomic mass is 9.78. The van der Waals surface area contributed by atoms with E-state index in [4.69, 9.17) is 4.42 Å². The number of hydrogen-bond donors (Lipinski definition) is 11. The van der Waals surface area contributed by atoms with Gasteiger partial charge in [-0.25, -0.2) is 0 Å². The van der Waals surface area contributed by atoms with Crippen molar-refractivity contribution in [1.82, 2.24) is 0 Å². The van der Waals surface area contributed by atoms with Crippen molar-refractivity contribution in [1.29, 1.82) is 0 Å². The van der Waals surface area contributed by atoms with E-state index < -0.39 is 90.9 Å². The molecule has 0 aliphatic heterocycles. The predicted octanol–water partition coefficient (Wildman–Crippen LogP) is 9.13. The summed E-state index contributed by atoms with van der Waals surface area (Å²) in [4.78, 5) is 0. The van der Waals surface area contributed by atoms with Gasteiger partial charge in [-0.1, -0.05) is 84.9 Å². The Bertz CT molecular complexity index is 3000. The van der Waals surface area contributed by atoms with Crippen molar-refractivity contribution in [3.63, 3.8) is 0 Å². The summed E-state index contributed by atoms with van der Waals surface area (Å²) >= 11 is 0. The third kappa shape index (κ3) is 4.53. The van der Waals surface area contributed by atoms with Crippen LogP contribution in [0.2, 0.25) is 0 Å². The molecule has 8 aromatic rings. The lowest BCUT2D eigenvalue weighted by Crippen LogP contribution is -2.03. The van der Waals surface area contributed by atoms with Gasteiger partial charge in [0, 0.05) is 16.5 Å². The zero-order valence-corrected chi connectivity index (χ0v) is 28.9. The van der Waals surface area contributed by atoms with Crippen molar-refractivity contribution in [2.45, 2.75) is 12.8 Å². The van der Waals surface area contributed by atoms with Gasteiger partial charge in [0.05, 0.1) is 16.5 Å². The van der Waals surface area contributed by atoms with E-state index in [1.807, 2.05) is 72.8 Å². The van der Waals surface area contributed by atoms with Gasteiger partial charge in [-0.2, -0.15) is 0 Å². The molecule has 1 aliphatic rings. The Morgan fingerprint density at radius 2 is 0.929 bits per heavy atom. The van der Waals surface area contributed by atoms with Crippen molar-refractivity contribution in [2.75, 3.05) is 0 Å². The van der Waals surface area contributed by atoms with Crippen LogP contribution in [0.1, 0.15) is 17.5 Å². The maximum Gasteiger partial charge on any atom is 0.208 e. The van der Waals surface area contributed by atoms with Gasteiger partial charge in [-0.15, -0.1) is 0 Å². The summed E-state index contributed by atoms with van der Waals surface area (Å²) in [6.07, 6.45) is 5.00. The van der Waals surface area contributed by atoms with E-state index in [9.17, 15) is 56.2 Å². The minimum atomic E-state index is -1.30. The first-order valence-corrected chi connectivity index (χ1v) is 17.3. The van der Waals surface area contributed by atoms with Crippen LogP contribution in [0, 0.1) is 0 Å². The van der Waals surface area contributed by atoms with Gasteiger partial charge in [-0.3, -0.25) is 0 Å². The van der Waals surface area contributed by atoms with E-state index in [1.54, 1.807) is 12.1 Å². The largest absolute Gasteiger partial charge is 0.504 e. The molecule has 0 radical (unpaired) electrons. The van der Waals surface area contributed by atoms with E-state index in [-0.39, 0.29) is 10.9 Å². The number of fused-ring (bicyclic) bond motifs is 5. The molecular weight excluding hydrogens is 720 g/mol. The molecule has 0 saturated carbocycles. The summed E-state index contributed by atoms with van der Waals surface area (Å²) in [5, 5.41) is 121. The summed E-state index contributed by atoms with van der Waals surface area (Å²) in [6, 6.07) is 25.3. The molecule has 56 heavy (non-hydrogen) atoms. The number of phenolic OH excluding ortho intramolecular Hbond substituents is 11. The van der Waals surface area contributed by atoms with E-state index in [0.29, 0.717) is 29.4 Å². The number of hydrogen-bond acceptors (Lipinski definition) is 12. The average Bonchev–Trinajstić information content (AvgIpc) is 3.62. The van der Waals surface area contributed by atoms with Crippen molar-refractivity contribution in [3.8, 4) is 108 Å². The van der Waals surface area contributed by atoms with Crippen molar-refractivity contribution in [2.24, 2.45) is 0 Å². The summed E-state index contributed by atoms with van der Waals surface area (Å²) in [6.45, 7) is 0. The van der Waals surface area contributed by atoms with Gasteiger partial charge in [0.2, 0.25) is 34.5 Å². The predicted molar refractivity (Wildman–Crippen MR) is 209 cm³/mol. The second-order valence-electron chi connectivity index (χ2n) is 13.5. The number of furan rings is 1. The lowest BCUT2D eigenvalue weighted by Gasteiger charge is -2.25. The smallest absolute Gasteiger partial charge is 0.208 e. The van der Waals surface area contributed by atoms with Gasteiger partial charge in [0.15, 0.2) is 34.3 Å². The van der Waals surface area contributed by atoms with Crippen LogP contribution < -0.4 is 0 Å². The maximum atomic E-state index is 12.2. The molecule has 11 N–H and O–H groups in total. The van der Waals surface area contributed by atoms with Crippen molar-refractivity contribution >= 4 is 38.8 Å². The van der Waals surface area contributed by atoms with Gasteiger partial charge in [-0.05, 0) is 63.1 Å². The zero-order chi connectivity index (χ0) is 39.3. The molecule has 12 heteroatoms. The van der Waals surface area contributed by atoms with E-state index in [2.05, 4.69) is 6.07 Å². The Morgan fingerprint density at radius 1 is 0.393 bits per heavy atom. The Kier molecular flexibility index (Phi) is 7.32. The first-order chi connectivity index (χ1) is 26.9. The summed E-state index contributed by atoms with van der Waals surface area (Å²) in [5.41, 5.74) is 2.52. The highest BCUT2D eigenvalue weighted by molar-refractivity contribution is 6.26. The number of phenols is 11. The van der Waals surface area contributed by atoms with Gasteiger partial charge >= 0.3 is 0 Å². The van der Waals surface area contributed by atoms with Crippen LogP contribution in [0.15, 0.2) is 89.4 Å². The SMILES string of the molecule is Oc1c(O)c(O)c(-c2c(O)c(O)c(-c3c4c(c(-c5cccc(-c6ccccc6)c5)c5ccccc35)CCC=C4)c3c2oc2c(O)c(O)c(O)c(O)c23)c(O)c1O. The Labute approximate surface area is 315 Å². The second-order valence-corrected chi connectivity index (χ2v) is 13.5. The van der Waals surface area contributed by atoms with Crippen molar-refractivity contribution in [3.05, 3.63) is 96.1 Å². The fourth-order valence-electron chi connectivity index (χ4n) is 8.02. The highest BCUT2D eigenvalue weighted by Gasteiger charge is 2.37. The summed E-state index contributed by atoms with van der Waals surface area (Å²) in [5.74, 6) is -12.7. The molecule has 1 heterocycles. The molecular formula is C44H30O12. The fraction of sp³-hybridized carbons (Fsp3) is 0.0455. The monoisotopic (exact) mass is 750 g/mol. The molecule has 1 aromatic heterocycles. The third-order valence-electron chi connectivity index (χ3n) is 10.5. The zero-order valence-electron chi connectivity index (χ0n) is 28.9. The average molecular weight is 751 g/mol. The molecule has 1 aliphatic carbocycles. The maximum absolute atomic E-state index is 12.2. The Balaban J connectivity index is 1.48. The fourth-order valence-corrected chi connectivity index (χ4v) is 8.02. The molecule has 0 spiro atoms. The molecule has 0 bridgehead atoms. The molecule has 12 nitrogen and oxygen atoms in total. The lowest BCUT2D eigenvalue weighted by molar-refractivity contribution is 0.329. The number of allylic oxidation sites excluding steroid dienone is 1. The highest BCUT2D eigenvalue weighted by Crippen LogP contribution is 2.64. The van der Waals surface area contributed by atoms with Gasteiger partial charge in [0.1, 0.15) is 5.58 Å². The molecule has 9 rings (SSSR count). The first-order valence-electron chi connectivity index (χ1n) is 17.3. The normalized spacial score (nSPS) is 12.5. The van der Waals surface area contributed by atoms with Crippen LogP contribution in [0.3, 0.4) is 0 Å². The number of benzene rings is 7. The first kappa shape index (κ1) is 33.9. The molecule has 0 atom stereocenters. The molecule has 0 unspecified atom stereocenters. The summed E-state index contributed by atoms with van der Waals surface area (Å²) < 4.78 is 5.99. The molecule has 278 valence electrons. The topological polar surface area (TPSA) is 236 Å². The van der Waals surface area contributed by atoms with E-state index in [1.165, 1.54) is 0 Å². The number of aromatic hydroxyl groups is 11. The van der Waals surface area contributed by atoms with Crippen molar-refractivity contribution < 1.29 is 60.6 Å². The van der Waals surface area contributed by atoms with Crippen LogP contribution in [-0.2, 0) is 6.42 Å². The molecule has 0 saturated heterocycles.